The van der Waals surface area contributed by atoms with E-state index in [9.17, 15) is 9.18 Å². The minimum Gasteiger partial charge on any atom is -0.331 e. The van der Waals surface area contributed by atoms with Gasteiger partial charge >= 0.3 is 6.03 Å². The molecule has 3 aromatic rings. The first-order valence-electron chi connectivity index (χ1n) is 7.44. The maximum absolute atomic E-state index is 12.9. The average molecular weight is 308 g/mol. The summed E-state index contributed by atoms with van der Waals surface area (Å²) in [6, 6.07) is 19.2. The number of urea groups is 1. The van der Waals surface area contributed by atoms with E-state index in [4.69, 9.17) is 0 Å². The van der Waals surface area contributed by atoms with Crippen molar-refractivity contribution in [2.75, 3.05) is 5.32 Å². The molecule has 0 spiro atoms. The van der Waals surface area contributed by atoms with Crippen molar-refractivity contribution in [2.45, 2.75) is 13.0 Å². The SMILES string of the molecule is C[C@H](NC(=O)Nc1cccc2ccccc12)c1ccc(F)cc1. The topological polar surface area (TPSA) is 41.1 Å². The van der Waals surface area contributed by atoms with E-state index in [-0.39, 0.29) is 17.9 Å². The molecule has 3 rings (SSSR count). The maximum atomic E-state index is 12.9. The van der Waals surface area contributed by atoms with E-state index in [2.05, 4.69) is 10.6 Å². The van der Waals surface area contributed by atoms with E-state index in [0.717, 1.165) is 22.0 Å². The van der Waals surface area contributed by atoms with Crippen LogP contribution in [0.3, 0.4) is 0 Å². The van der Waals surface area contributed by atoms with Crippen LogP contribution in [0.2, 0.25) is 0 Å². The van der Waals surface area contributed by atoms with Crippen LogP contribution < -0.4 is 10.6 Å². The maximum Gasteiger partial charge on any atom is 0.319 e. The Balaban J connectivity index is 1.72. The Bertz CT molecular complexity index is 825. The lowest BCUT2D eigenvalue weighted by Crippen LogP contribution is -2.31. The standard InChI is InChI=1S/C19H17FN2O/c1-13(14-9-11-16(20)12-10-14)21-19(23)22-18-8-4-6-15-5-2-3-7-17(15)18/h2-13H,1H3,(H2,21,22,23)/t13-/m0/s1. The molecule has 0 radical (unpaired) electrons. The molecule has 1 atom stereocenters. The highest BCUT2D eigenvalue weighted by Crippen LogP contribution is 2.23. The molecular weight excluding hydrogens is 291 g/mol. The Morgan fingerprint density at radius 2 is 1.65 bits per heavy atom. The first-order valence-corrected chi connectivity index (χ1v) is 7.44. The summed E-state index contributed by atoms with van der Waals surface area (Å²) in [6.07, 6.45) is 0. The highest BCUT2D eigenvalue weighted by Gasteiger charge is 2.10. The second-order valence-electron chi connectivity index (χ2n) is 5.40. The minimum absolute atomic E-state index is 0.217. The summed E-state index contributed by atoms with van der Waals surface area (Å²) in [5.41, 5.74) is 1.60. The third-order valence-electron chi connectivity index (χ3n) is 3.76. The molecule has 0 fully saturated rings. The number of amides is 2. The van der Waals surface area contributed by atoms with Crippen molar-refractivity contribution in [3.8, 4) is 0 Å². The lowest BCUT2D eigenvalue weighted by Gasteiger charge is -2.16. The molecule has 23 heavy (non-hydrogen) atoms. The summed E-state index contributed by atoms with van der Waals surface area (Å²) in [6.45, 7) is 1.86. The van der Waals surface area contributed by atoms with Crippen LogP contribution in [0.1, 0.15) is 18.5 Å². The molecule has 0 saturated heterocycles. The van der Waals surface area contributed by atoms with Crippen molar-refractivity contribution in [2.24, 2.45) is 0 Å². The summed E-state index contributed by atoms with van der Waals surface area (Å²) in [5, 5.41) is 7.78. The lowest BCUT2D eigenvalue weighted by molar-refractivity contribution is 0.249. The molecule has 0 aliphatic carbocycles. The smallest absolute Gasteiger partial charge is 0.319 e. The Morgan fingerprint density at radius 1 is 0.957 bits per heavy atom. The molecule has 116 valence electrons. The highest BCUT2D eigenvalue weighted by molar-refractivity contribution is 6.01. The van der Waals surface area contributed by atoms with E-state index in [0.29, 0.717) is 0 Å². The van der Waals surface area contributed by atoms with E-state index >= 15 is 0 Å². The van der Waals surface area contributed by atoms with Crippen LogP contribution in [0.5, 0.6) is 0 Å². The molecule has 0 heterocycles. The minimum atomic E-state index is -0.293. The number of rotatable bonds is 3. The number of nitrogens with one attached hydrogen (secondary N) is 2. The summed E-state index contributed by atoms with van der Waals surface area (Å²) in [5.74, 6) is -0.291. The van der Waals surface area contributed by atoms with Crippen LogP contribution in [0, 0.1) is 5.82 Å². The van der Waals surface area contributed by atoms with Gasteiger partial charge in [0.15, 0.2) is 0 Å². The number of anilines is 1. The van der Waals surface area contributed by atoms with Crippen molar-refractivity contribution >= 4 is 22.5 Å². The predicted octanol–water partition coefficient (Wildman–Crippen LogP) is 4.86. The van der Waals surface area contributed by atoms with Crippen LogP contribution in [0.4, 0.5) is 14.9 Å². The molecule has 4 heteroatoms. The summed E-state index contributed by atoms with van der Waals surface area (Å²) < 4.78 is 12.9. The molecule has 0 unspecified atom stereocenters. The summed E-state index contributed by atoms with van der Waals surface area (Å²) >= 11 is 0. The van der Waals surface area contributed by atoms with Gasteiger partial charge < -0.3 is 10.6 Å². The van der Waals surface area contributed by atoms with Crippen molar-refractivity contribution in [1.82, 2.24) is 5.32 Å². The van der Waals surface area contributed by atoms with Crippen LogP contribution in [0.25, 0.3) is 10.8 Å². The quantitative estimate of drug-likeness (QED) is 0.712. The summed E-state index contributed by atoms with van der Waals surface area (Å²) in [7, 11) is 0. The number of benzene rings is 3. The Labute approximate surface area is 134 Å². The molecule has 0 bridgehead atoms. The van der Waals surface area contributed by atoms with Gasteiger partial charge in [-0.25, -0.2) is 9.18 Å². The second kappa shape index (κ2) is 6.48. The van der Waals surface area contributed by atoms with Gasteiger partial charge in [0.25, 0.3) is 0 Å². The number of fused-ring (bicyclic) bond motifs is 1. The molecule has 0 aromatic heterocycles. The third kappa shape index (κ3) is 3.48. The largest absolute Gasteiger partial charge is 0.331 e. The van der Waals surface area contributed by atoms with Crippen molar-refractivity contribution < 1.29 is 9.18 Å². The normalized spacial score (nSPS) is 11.9. The van der Waals surface area contributed by atoms with Crippen LogP contribution >= 0.6 is 0 Å². The van der Waals surface area contributed by atoms with E-state index in [1.54, 1.807) is 12.1 Å². The van der Waals surface area contributed by atoms with Gasteiger partial charge in [-0.1, -0.05) is 48.5 Å². The van der Waals surface area contributed by atoms with Crippen molar-refractivity contribution in [3.63, 3.8) is 0 Å². The Hall–Kier alpha value is -2.88. The van der Waals surface area contributed by atoms with E-state index < -0.39 is 0 Å². The third-order valence-corrected chi connectivity index (χ3v) is 3.76. The van der Waals surface area contributed by atoms with Gasteiger partial charge in [0, 0.05) is 5.39 Å². The van der Waals surface area contributed by atoms with Crippen LogP contribution in [0.15, 0.2) is 66.7 Å². The monoisotopic (exact) mass is 308 g/mol. The molecule has 3 aromatic carbocycles. The zero-order valence-corrected chi connectivity index (χ0v) is 12.7. The van der Waals surface area contributed by atoms with Gasteiger partial charge in [0.1, 0.15) is 5.82 Å². The first-order chi connectivity index (χ1) is 11.1. The fraction of sp³-hybridized carbons (Fsp3) is 0.105. The number of carbonyl (C=O) groups excluding carboxylic acids is 1. The lowest BCUT2D eigenvalue weighted by atomic mass is 10.1. The number of hydrogen-bond donors (Lipinski definition) is 2. The summed E-state index contributed by atoms with van der Waals surface area (Å²) in [4.78, 5) is 12.2. The Morgan fingerprint density at radius 3 is 2.43 bits per heavy atom. The van der Waals surface area contributed by atoms with E-state index in [1.165, 1.54) is 12.1 Å². The van der Waals surface area contributed by atoms with Gasteiger partial charge in [0.05, 0.1) is 11.7 Å². The van der Waals surface area contributed by atoms with Crippen LogP contribution in [-0.4, -0.2) is 6.03 Å². The first kappa shape index (κ1) is 15.0. The van der Waals surface area contributed by atoms with Crippen molar-refractivity contribution in [1.29, 1.82) is 0 Å². The molecule has 2 N–H and O–H groups in total. The van der Waals surface area contributed by atoms with Crippen LogP contribution in [-0.2, 0) is 0 Å². The van der Waals surface area contributed by atoms with Gasteiger partial charge in [-0.2, -0.15) is 0 Å². The van der Waals surface area contributed by atoms with Crippen molar-refractivity contribution in [3.05, 3.63) is 78.1 Å². The van der Waals surface area contributed by atoms with Gasteiger partial charge in [-0.15, -0.1) is 0 Å². The van der Waals surface area contributed by atoms with Gasteiger partial charge in [0.2, 0.25) is 0 Å². The fourth-order valence-electron chi connectivity index (χ4n) is 2.52. The number of hydrogen-bond acceptors (Lipinski definition) is 1. The zero-order valence-electron chi connectivity index (χ0n) is 12.7. The predicted molar refractivity (Wildman–Crippen MR) is 90.9 cm³/mol. The molecule has 0 saturated carbocycles. The molecule has 0 aliphatic rings. The number of halogens is 1. The zero-order chi connectivity index (χ0) is 16.2. The average Bonchev–Trinajstić information content (AvgIpc) is 2.55. The Kier molecular flexibility index (Phi) is 4.24. The molecule has 0 aliphatic heterocycles. The van der Waals surface area contributed by atoms with Gasteiger partial charge in [-0.05, 0) is 36.1 Å². The highest BCUT2D eigenvalue weighted by atomic mass is 19.1. The fourth-order valence-corrected chi connectivity index (χ4v) is 2.52. The molecule has 2 amide bonds. The number of carbonyl (C=O) groups is 1. The second-order valence-corrected chi connectivity index (χ2v) is 5.40. The molecular formula is C19H17FN2O. The van der Waals surface area contributed by atoms with E-state index in [1.807, 2.05) is 49.4 Å². The molecule has 3 nitrogen and oxygen atoms in total. The van der Waals surface area contributed by atoms with Gasteiger partial charge in [-0.3, -0.25) is 0 Å².